The molecule has 0 atom stereocenters. The third-order valence-electron chi connectivity index (χ3n) is 5.15. The molecule has 0 fully saturated rings. The van der Waals surface area contributed by atoms with Crippen LogP contribution in [-0.4, -0.2) is 16.8 Å². The predicted octanol–water partition coefficient (Wildman–Crippen LogP) is 4.52. The van der Waals surface area contributed by atoms with E-state index < -0.39 is 17.1 Å². The number of rotatable bonds is 7. The minimum absolute atomic E-state index is 0.182. The van der Waals surface area contributed by atoms with E-state index in [2.05, 4.69) is 10.3 Å². The van der Waals surface area contributed by atoms with Crippen molar-refractivity contribution < 1.29 is 14.0 Å². The number of nitrogens with two attached hydrogens (primary N) is 1. The number of carbonyl (C=O) groups is 2. The highest BCUT2D eigenvalue weighted by Crippen LogP contribution is 2.35. The number of hydrogen-bond acceptors (Lipinski definition) is 4. The number of hydrogen-bond donors (Lipinski definition) is 2. The van der Waals surface area contributed by atoms with Crippen molar-refractivity contribution in [2.45, 2.75) is 33.1 Å². The maximum absolute atomic E-state index is 13.7. The fourth-order valence-electron chi connectivity index (χ4n) is 3.24. The Morgan fingerprint density at radius 2 is 1.89 bits per heavy atom. The van der Waals surface area contributed by atoms with E-state index in [0.717, 1.165) is 21.3 Å². The number of benzene rings is 2. The Hall–Kier alpha value is -2.80. The van der Waals surface area contributed by atoms with Gasteiger partial charge in [0.25, 0.3) is 5.91 Å². The highest BCUT2D eigenvalue weighted by atomic mass is 32.1. The van der Waals surface area contributed by atoms with E-state index in [1.54, 1.807) is 11.3 Å². The van der Waals surface area contributed by atoms with Crippen LogP contribution in [0.1, 0.15) is 42.1 Å². The molecule has 0 aliphatic rings. The third-order valence-corrected chi connectivity index (χ3v) is 6.19. The third kappa shape index (κ3) is 3.89. The van der Waals surface area contributed by atoms with Gasteiger partial charge in [-0.3, -0.25) is 9.59 Å². The zero-order valence-corrected chi connectivity index (χ0v) is 16.6. The monoisotopic (exact) mass is 399 g/mol. The summed E-state index contributed by atoms with van der Waals surface area (Å²) in [6.07, 6.45) is 1.75. The number of anilines is 1. The molecule has 1 heterocycles. The molecule has 0 aliphatic heterocycles. The number of halogens is 1. The predicted molar refractivity (Wildman–Crippen MR) is 110 cm³/mol. The Bertz CT molecular complexity index is 994. The summed E-state index contributed by atoms with van der Waals surface area (Å²) in [4.78, 5) is 29.2. The van der Waals surface area contributed by atoms with Crippen molar-refractivity contribution in [2.24, 2.45) is 11.1 Å². The molecule has 5 nitrogen and oxygen atoms in total. The van der Waals surface area contributed by atoms with Gasteiger partial charge in [0.2, 0.25) is 5.91 Å². The van der Waals surface area contributed by atoms with Gasteiger partial charge in [-0.15, -0.1) is 11.3 Å². The number of nitrogens with one attached hydrogen (secondary N) is 1. The normalized spacial score (nSPS) is 11.5. The second-order valence-corrected chi connectivity index (χ2v) is 7.87. The zero-order valence-electron chi connectivity index (χ0n) is 15.8. The largest absolute Gasteiger partial charge is 0.366 e. The minimum atomic E-state index is -0.875. The van der Waals surface area contributed by atoms with Crippen molar-refractivity contribution in [1.29, 1.82) is 0 Å². The smallest absolute Gasteiger partial charge is 0.251 e. The SMILES string of the molecule is CCC(CC)(Cc1nc2ccccc2s1)C(=O)Nc1ccc(F)c(C(N)=O)c1. The number of nitrogens with zero attached hydrogens (tertiary/aromatic N) is 1. The van der Waals surface area contributed by atoms with E-state index in [9.17, 15) is 14.0 Å². The fraction of sp³-hybridized carbons (Fsp3) is 0.286. The van der Waals surface area contributed by atoms with E-state index in [1.807, 2.05) is 38.1 Å². The van der Waals surface area contributed by atoms with Gasteiger partial charge < -0.3 is 11.1 Å². The highest BCUT2D eigenvalue weighted by molar-refractivity contribution is 7.18. The lowest BCUT2D eigenvalue weighted by atomic mass is 9.78. The summed E-state index contributed by atoms with van der Waals surface area (Å²) < 4.78 is 14.8. The number of thiazole rings is 1. The first-order valence-electron chi connectivity index (χ1n) is 9.14. The number of fused-ring (bicyclic) bond motifs is 1. The lowest BCUT2D eigenvalue weighted by Crippen LogP contribution is -2.37. The minimum Gasteiger partial charge on any atom is -0.366 e. The van der Waals surface area contributed by atoms with Crippen LogP contribution in [0.5, 0.6) is 0 Å². The van der Waals surface area contributed by atoms with Crippen LogP contribution in [0.2, 0.25) is 0 Å². The summed E-state index contributed by atoms with van der Waals surface area (Å²) >= 11 is 1.59. The molecule has 2 aromatic carbocycles. The molecule has 3 rings (SSSR count). The molecule has 0 spiro atoms. The standard InChI is InChI=1S/C21H22FN3O2S/c1-3-21(4-2,12-18-25-16-7-5-6-8-17(16)28-18)20(27)24-13-9-10-15(22)14(11-13)19(23)26/h5-11H,3-4,12H2,1-2H3,(H2,23,26)(H,24,27). The number of amides is 2. The van der Waals surface area contributed by atoms with Crippen molar-refractivity contribution in [3.63, 3.8) is 0 Å². The topological polar surface area (TPSA) is 85.1 Å². The molecule has 0 saturated carbocycles. The van der Waals surface area contributed by atoms with Crippen LogP contribution < -0.4 is 11.1 Å². The molecule has 1 aromatic heterocycles. The molecule has 0 bridgehead atoms. The Labute approximate surface area is 166 Å². The highest BCUT2D eigenvalue weighted by Gasteiger charge is 2.36. The van der Waals surface area contributed by atoms with Gasteiger partial charge in [0, 0.05) is 12.1 Å². The van der Waals surface area contributed by atoms with Crippen LogP contribution in [0.3, 0.4) is 0 Å². The maximum Gasteiger partial charge on any atom is 0.251 e. The molecule has 0 saturated heterocycles. The zero-order chi connectivity index (χ0) is 20.3. The molecule has 0 unspecified atom stereocenters. The van der Waals surface area contributed by atoms with E-state index in [1.165, 1.54) is 12.1 Å². The number of para-hydroxylation sites is 1. The molecule has 28 heavy (non-hydrogen) atoms. The Morgan fingerprint density at radius 1 is 1.18 bits per heavy atom. The second-order valence-electron chi connectivity index (χ2n) is 6.75. The van der Waals surface area contributed by atoms with E-state index >= 15 is 0 Å². The average Bonchev–Trinajstić information content (AvgIpc) is 3.09. The van der Waals surface area contributed by atoms with Gasteiger partial charge in [-0.25, -0.2) is 9.37 Å². The molecular formula is C21H22FN3O2S. The van der Waals surface area contributed by atoms with E-state index in [4.69, 9.17) is 5.73 Å². The number of primary amides is 1. The number of aromatic nitrogens is 1. The molecule has 0 aliphatic carbocycles. The molecule has 2 amide bonds. The van der Waals surface area contributed by atoms with Crippen LogP contribution in [0, 0.1) is 11.2 Å². The van der Waals surface area contributed by atoms with Gasteiger partial charge in [-0.05, 0) is 43.2 Å². The Balaban J connectivity index is 1.87. The van der Waals surface area contributed by atoms with Crippen molar-refractivity contribution in [3.05, 3.63) is 58.9 Å². The van der Waals surface area contributed by atoms with Gasteiger partial charge >= 0.3 is 0 Å². The first-order chi connectivity index (χ1) is 13.4. The lowest BCUT2D eigenvalue weighted by molar-refractivity contribution is -0.126. The average molecular weight is 399 g/mol. The summed E-state index contributed by atoms with van der Waals surface area (Å²) in [6, 6.07) is 11.7. The van der Waals surface area contributed by atoms with Gasteiger partial charge in [-0.2, -0.15) is 0 Å². The Kier molecular flexibility index (Phi) is 5.74. The van der Waals surface area contributed by atoms with Crippen LogP contribution in [-0.2, 0) is 11.2 Å². The fourth-order valence-corrected chi connectivity index (χ4v) is 4.35. The molecule has 146 valence electrons. The van der Waals surface area contributed by atoms with Crippen LogP contribution >= 0.6 is 11.3 Å². The van der Waals surface area contributed by atoms with Crippen molar-refractivity contribution in [1.82, 2.24) is 4.98 Å². The van der Waals surface area contributed by atoms with Crippen LogP contribution in [0.4, 0.5) is 10.1 Å². The quantitative estimate of drug-likeness (QED) is 0.612. The lowest BCUT2D eigenvalue weighted by Gasteiger charge is -2.29. The van der Waals surface area contributed by atoms with Gasteiger partial charge in [0.05, 0.1) is 26.2 Å². The molecule has 3 N–H and O–H groups in total. The molecular weight excluding hydrogens is 377 g/mol. The Morgan fingerprint density at radius 3 is 2.54 bits per heavy atom. The molecule has 0 radical (unpaired) electrons. The van der Waals surface area contributed by atoms with Crippen molar-refractivity contribution in [3.8, 4) is 0 Å². The first kappa shape index (κ1) is 19.9. The van der Waals surface area contributed by atoms with Gasteiger partial charge in [0.15, 0.2) is 0 Å². The summed E-state index contributed by atoms with van der Waals surface area (Å²) in [5.74, 6) is -1.77. The maximum atomic E-state index is 13.7. The van der Waals surface area contributed by atoms with Gasteiger partial charge in [0.1, 0.15) is 5.82 Å². The van der Waals surface area contributed by atoms with Crippen LogP contribution in [0.15, 0.2) is 42.5 Å². The van der Waals surface area contributed by atoms with Crippen molar-refractivity contribution >= 4 is 39.1 Å². The molecule has 3 aromatic rings. The van der Waals surface area contributed by atoms with Crippen molar-refractivity contribution in [2.75, 3.05) is 5.32 Å². The number of carbonyl (C=O) groups excluding carboxylic acids is 2. The van der Waals surface area contributed by atoms with Crippen LogP contribution in [0.25, 0.3) is 10.2 Å². The first-order valence-corrected chi connectivity index (χ1v) is 9.95. The second kappa shape index (κ2) is 8.06. The summed E-state index contributed by atoms with van der Waals surface area (Å²) in [5.41, 5.74) is 5.56. The summed E-state index contributed by atoms with van der Waals surface area (Å²) in [6.45, 7) is 3.94. The molecule has 7 heteroatoms. The van der Waals surface area contributed by atoms with E-state index in [0.29, 0.717) is 24.9 Å². The van der Waals surface area contributed by atoms with Gasteiger partial charge in [-0.1, -0.05) is 26.0 Å². The summed E-state index contributed by atoms with van der Waals surface area (Å²) in [7, 11) is 0. The summed E-state index contributed by atoms with van der Waals surface area (Å²) in [5, 5.41) is 3.72. The van der Waals surface area contributed by atoms with E-state index in [-0.39, 0.29) is 11.5 Å².